The highest BCUT2D eigenvalue weighted by molar-refractivity contribution is 5.76. The molecule has 0 heterocycles. The molecule has 0 aromatic heterocycles. The average molecular weight is 812 g/mol. The fourth-order valence-corrected chi connectivity index (χ4v) is 7.79. The zero-order valence-electron chi connectivity index (χ0n) is 39.1. The van der Waals surface area contributed by atoms with E-state index in [0.29, 0.717) is 6.42 Å². The van der Waals surface area contributed by atoms with Crippen molar-refractivity contribution >= 4 is 5.91 Å². The Morgan fingerprint density at radius 1 is 0.397 bits per heavy atom. The van der Waals surface area contributed by atoms with Crippen LogP contribution in [0, 0.1) is 0 Å². The number of aliphatic hydroxyl groups excluding tert-OH is 2. The summed E-state index contributed by atoms with van der Waals surface area (Å²) in [6, 6.07) is -0.646. The molecule has 2 unspecified atom stereocenters. The minimum Gasteiger partial charge on any atom is -0.394 e. The fraction of sp³-hybridized carbons (Fsp3) is 0.833. The van der Waals surface area contributed by atoms with Gasteiger partial charge in [-0.25, -0.2) is 0 Å². The summed E-state index contributed by atoms with van der Waals surface area (Å²) in [6.07, 6.45) is 68.2. The third-order valence-corrected chi connectivity index (χ3v) is 11.8. The van der Waals surface area contributed by atoms with E-state index < -0.39 is 12.1 Å². The predicted molar refractivity (Wildman–Crippen MR) is 258 cm³/mol. The van der Waals surface area contributed by atoms with Crippen molar-refractivity contribution in [2.75, 3.05) is 6.61 Å². The fourth-order valence-electron chi connectivity index (χ4n) is 7.79. The molecule has 0 spiro atoms. The molecule has 0 saturated carbocycles. The van der Waals surface area contributed by atoms with Crippen LogP contribution in [0.5, 0.6) is 0 Å². The molecule has 0 aromatic rings. The Kier molecular flexibility index (Phi) is 48.3. The summed E-state index contributed by atoms with van der Waals surface area (Å²) < 4.78 is 0. The molecule has 0 aliphatic rings. The number of aliphatic hydroxyl groups is 2. The third-order valence-electron chi connectivity index (χ3n) is 11.8. The highest BCUT2D eigenvalue weighted by Crippen LogP contribution is 2.15. The van der Waals surface area contributed by atoms with Crippen molar-refractivity contribution in [3.05, 3.63) is 48.6 Å². The van der Waals surface area contributed by atoms with Crippen LogP contribution >= 0.6 is 0 Å². The molecule has 3 N–H and O–H groups in total. The summed E-state index contributed by atoms with van der Waals surface area (Å²) in [4.78, 5) is 12.4. The summed E-state index contributed by atoms with van der Waals surface area (Å²) in [5.41, 5.74) is 0. The van der Waals surface area contributed by atoms with E-state index in [1.165, 1.54) is 212 Å². The molecule has 58 heavy (non-hydrogen) atoms. The van der Waals surface area contributed by atoms with E-state index in [9.17, 15) is 15.0 Å². The van der Waals surface area contributed by atoms with Crippen LogP contribution in [0.25, 0.3) is 0 Å². The third kappa shape index (κ3) is 45.4. The lowest BCUT2D eigenvalue weighted by Gasteiger charge is -2.19. The number of hydrogen-bond acceptors (Lipinski definition) is 3. The number of unbranched alkanes of at least 4 members (excludes halogenated alkanes) is 34. The van der Waals surface area contributed by atoms with Crippen LogP contribution in [0.1, 0.15) is 271 Å². The first kappa shape index (κ1) is 56.4. The maximum atomic E-state index is 12.4. The minimum absolute atomic E-state index is 0.0771. The van der Waals surface area contributed by atoms with E-state index in [4.69, 9.17) is 0 Å². The molecule has 0 rings (SSSR count). The van der Waals surface area contributed by atoms with Gasteiger partial charge in [0.1, 0.15) is 0 Å². The quantitative estimate of drug-likeness (QED) is 0.0423. The lowest BCUT2D eigenvalue weighted by molar-refractivity contribution is -0.123. The number of amides is 1. The molecule has 0 radical (unpaired) electrons. The zero-order valence-corrected chi connectivity index (χ0v) is 39.1. The maximum absolute atomic E-state index is 12.4. The Morgan fingerprint density at radius 2 is 0.672 bits per heavy atom. The molecule has 0 saturated heterocycles. The standard InChI is InChI=1S/C54H101NO3/c1-3-5-7-9-11-13-15-17-19-21-23-24-25-26-27-28-29-30-32-34-36-38-40-42-44-46-48-50-54(58)55-52(51-56)53(57)49-47-45-43-41-39-37-35-33-31-22-20-18-16-14-12-10-8-6-4-2/h26-27,31,33,39,41,47,49,52-53,56-57H,3-25,28-30,32,34-38,40,42-46,48,50-51H2,1-2H3,(H,55,58)/b27-26-,33-31+,41-39+,49-47+. The van der Waals surface area contributed by atoms with Gasteiger partial charge in [0.25, 0.3) is 0 Å². The molecule has 4 nitrogen and oxygen atoms in total. The largest absolute Gasteiger partial charge is 0.394 e. The Bertz CT molecular complexity index is 923. The van der Waals surface area contributed by atoms with Crippen LogP contribution in [0.3, 0.4) is 0 Å². The second kappa shape index (κ2) is 49.7. The van der Waals surface area contributed by atoms with E-state index in [2.05, 4.69) is 55.6 Å². The van der Waals surface area contributed by atoms with Crippen LogP contribution in [0.15, 0.2) is 48.6 Å². The summed E-state index contributed by atoms with van der Waals surface area (Å²) in [6.45, 7) is 4.31. The van der Waals surface area contributed by atoms with Gasteiger partial charge in [0.15, 0.2) is 0 Å². The first-order chi connectivity index (χ1) is 28.7. The second-order valence-electron chi connectivity index (χ2n) is 17.6. The summed E-state index contributed by atoms with van der Waals surface area (Å²) in [5, 5.41) is 23.1. The van der Waals surface area contributed by atoms with Crippen LogP contribution in [0.2, 0.25) is 0 Å². The Morgan fingerprint density at radius 3 is 1.00 bits per heavy atom. The van der Waals surface area contributed by atoms with Crippen LogP contribution in [0.4, 0.5) is 0 Å². The molecular formula is C54H101NO3. The average Bonchev–Trinajstić information content (AvgIpc) is 3.23. The monoisotopic (exact) mass is 812 g/mol. The van der Waals surface area contributed by atoms with Crippen molar-refractivity contribution < 1.29 is 15.0 Å². The number of allylic oxidation sites excluding steroid dienone is 7. The predicted octanol–water partition coefficient (Wildman–Crippen LogP) is 16.7. The molecule has 4 heteroatoms. The van der Waals surface area contributed by atoms with Crippen molar-refractivity contribution in [1.82, 2.24) is 5.32 Å². The number of nitrogens with one attached hydrogen (secondary N) is 1. The summed E-state index contributed by atoms with van der Waals surface area (Å²) >= 11 is 0. The Balaban J connectivity index is 3.56. The van der Waals surface area contributed by atoms with E-state index in [1.807, 2.05) is 6.08 Å². The molecule has 0 aliphatic carbocycles. The van der Waals surface area contributed by atoms with Gasteiger partial charge in [0, 0.05) is 6.42 Å². The molecule has 1 amide bonds. The summed E-state index contributed by atoms with van der Waals surface area (Å²) in [5.74, 6) is -0.0771. The lowest BCUT2D eigenvalue weighted by Crippen LogP contribution is -2.45. The number of carbonyl (C=O) groups excluding carboxylic acids is 1. The summed E-state index contributed by atoms with van der Waals surface area (Å²) in [7, 11) is 0. The van der Waals surface area contributed by atoms with Gasteiger partial charge in [-0.15, -0.1) is 0 Å². The molecule has 0 aromatic carbocycles. The van der Waals surface area contributed by atoms with E-state index in [-0.39, 0.29) is 12.5 Å². The molecule has 0 aliphatic heterocycles. The molecular weight excluding hydrogens is 711 g/mol. The lowest BCUT2D eigenvalue weighted by atomic mass is 10.0. The van der Waals surface area contributed by atoms with Crippen LogP contribution < -0.4 is 5.32 Å². The van der Waals surface area contributed by atoms with E-state index >= 15 is 0 Å². The molecule has 0 bridgehead atoms. The van der Waals surface area contributed by atoms with Crippen molar-refractivity contribution in [1.29, 1.82) is 0 Å². The van der Waals surface area contributed by atoms with Crippen molar-refractivity contribution in [2.45, 2.75) is 283 Å². The molecule has 0 fully saturated rings. The van der Waals surface area contributed by atoms with Crippen LogP contribution in [-0.2, 0) is 4.79 Å². The topological polar surface area (TPSA) is 69.6 Å². The van der Waals surface area contributed by atoms with Gasteiger partial charge in [-0.05, 0) is 70.6 Å². The SMILES string of the molecule is CCCCCCCCCCC/C=C/CC/C=C/CC/C=C/C(O)C(CO)NC(=O)CCCCCCCCCCCCC/C=C\CCCCCCCCCCCCCC. The normalized spacial score (nSPS) is 13.2. The second-order valence-corrected chi connectivity index (χ2v) is 17.6. The first-order valence-corrected chi connectivity index (χ1v) is 25.9. The van der Waals surface area contributed by atoms with Crippen molar-refractivity contribution in [3.63, 3.8) is 0 Å². The smallest absolute Gasteiger partial charge is 0.220 e. The van der Waals surface area contributed by atoms with Gasteiger partial charge in [-0.1, -0.05) is 242 Å². The Labute approximate surface area is 363 Å². The van der Waals surface area contributed by atoms with Gasteiger partial charge in [0.05, 0.1) is 18.8 Å². The maximum Gasteiger partial charge on any atom is 0.220 e. The number of rotatable bonds is 47. The minimum atomic E-state index is -0.871. The van der Waals surface area contributed by atoms with E-state index in [1.54, 1.807) is 6.08 Å². The van der Waals surface area contributed by atoms with E-state index in [0.717, 1.165) is 38.5 Å². The van der Waals surface area contributed by atoms with Gasteiger partial charge < -0.3 is 15.5 Å². The molecule has 2 atom stereocenters. The highest BCUT2D eigenvalue weighted by atomic mass is 16.3. The van der Waals surface area contributed by atoms with Gasteiger partial charge in [-0.3, -0.25) is 4.79 Å². The van der Waals surface area contributed by atoms with Crippen molar-refractivity contribution in [2.24, 2.45) is 0 Å². The van der Waals surface area contributed by atoms with Gasteiger partial charge >= 0.3 is 0 Å². The van der Waals surface area contributed by atoms with Gasteiger partial charge in [0.2, 0.25) is 5.91 Å². The highest BCUT2D eigenvalue weighted by Gasteiger charge is 2.17. The van der Waals surface area contributed by atoms with Gasteiger partial charge in [-0.2, -0.15) is 0 Å². The van der Waals surface area contributed by atoms with Crippen LogP contribution in [-0.4, -0.2) is 34.9 Å². The number of hydrogen-bond donors (Lipinski definition) is 3. The number of carbonyl (C=O) groups is 1. The molecule has 340 valence electrons. The van der Waals surface area contributed by atoms with Crippen molar-refractivity contribution in [3.8, 4) is 0 Å². The zero-order chi connectivity index (χ0) is 42.1. The Hall–Kier alpha value is -1.65. The first-order valence-electron chi connectivity index (χ1n) is 25.9.